The lowest BCUT2D eigenvalue weighted by molar-refractivity contribution is 0.389. The Morgan fingerprint density at radius 3 is 1.88 bits per heavy atom. The van der Waals surface area contributed by atoms with Crippen LogP contribution in [0.4, 0.5) is 0 Å². The van der Waals surface area contributed by atoms with E-state index in [1.807, 2.05) is 0 Å². The monoisotopic (exact) mass is 133 g/mol. The topological polar surface area (TPSA) is 0 Å². The zero-order valence-electron chi connectivity index (χ0n) is 5.87. The molecule has 8 heavy (non-hydrogen) atoms. The number of halogens is 1. The van der Waals surface area contributed by atoms with E-state index in [2.05, 4.69) is 27.7 Å². The summed E-state index contributed by atoms with van der Waals surface area (Å²) in [6.07, 6.45) is 0.811. The van der Waals surface area contributed by atoms with Crippen LogP contribution >= 0.6 is 11.6 Å². The summed E-state index contributed by atoms with van der Waals surface area (Å²) in [6.45, 7) is 10.1. The van der Waals surface area contributed by atoms with Crippen LogP contribution in [0.25, 0.3) is 0 Å². The highest BCUT2D eigenvalue weighted by molar-refractivity contribution is 6.21. The molecular weight excluding hydrogens is 120 g/mol. The largest absolute Gasteiger partial charge is 0.122 e. The van der Waals surface area contributed by atoms with Gasteiger partial charge in [0.15, 0.2) is 0 Å². The molecule has 0 aliphatic heterocycles. The van der Waals surface area contributed by atoms with Gasteiger partial charge in [-0.2, -0.15) is 0 Å². The average Bonchev–Trinajstić information content (AvgIpc) is 1.62. The molecule has 0 N–H and O–H groups in total. The maximum absolute atomic E-state index is 5.88. The molecule has 0 amide bonds. The minimum absolute atomic E-state index is 0.211. The molecule has 0 aromatic heterocycles. The van der Waals surface area contributed by atoms with E-state index in [4.69, 9.17) is 11.6 Å². The quantitative estimate of drug-likeness (QED) is 0.483. The summed E-state index contributed by atoms with van der Waals surface area (Å²) < 4.78 is 0. The van der Waals surface area contributed by atoms with E-state index >= 15 is 0 Å². The van der Waals surface area contributed by atoms with Gasteiger partial charge in [-0.1, -0.05) is 27.7 Å². The second-order valence-corrected chi connectivity index (χ2v) is 3.65. The molecule has 1 atom stereocenters. The third-order valence-electron chi connectivity index (χ3n) is 1.19. The molecule has 0 heterocycles. The Labute approximate surface area is 57.2 Å². The smallest absolute Gasteiger partial charge is 0.0384 e. The Morgan fingerprint density at radius 1 is 1.50 bits per heavy atom. The van der Waals surface area contributed by atoms with Gasteiger partial charge in [0.25, 0.3) is 0 Å². The highest BCUT2D eigenvalue weighted by atomic mass is 35.5. The summed E-state index contributed by atoms with van der Waals surface area (Å²) >= 11 is 5.88. The van der Waals surface area contributed by atoms with Crippen LogP contribution in [0.3, 0.4) is 0 Å². The second-order valence-electron chi connectivity index (χ2n) is 3.12. The van der Waals surface area contributed by atoms with Crippen LogP contribution in [0, 0.1) is 12.3 Å². The van der Waals surface area contributed by atoms with Gasteiger partial charge >= 0.3 is 0 Å². The molecular formula is C7H14Cl. The van der Waals surface area contributed by atoms with Crippen LogP contribution in [0.2, 0.25) is 0 Å². The SMILES string of the molecule is [CH2]CC(Cl)C(C)(C)C. The molecule has 1 radical (unpaired) electrons. The third-order valence-corrected chi connectivity index (χ3v) is 2.07. The first kappa shape index (κ1) is 8.29. The van der Waals surface area contributed by atoms with E-state index in [1.54, 1.807) is 0 Å². The highest BCUT2D eigenvalue weighted by Crippen LogP contribution is 2.25. The molecule has 0 saturated carbocycles. The van der Waals surface area contributed by atoms with Crippen molar-refractivity contribution in [3.63, 3.8) is 0 Å². The van der Waals surface area contributed by atoms with Crippen molar-refractivity contribution in [1.82, 2.24) is 0 Å². The summed E-state index contributed by atoms with van der Waals surface area (Å²) in [7, 11) is 0. The zero-order valence-corrected chi connectivity index (χ0v) is 6.63. The molecule has 49 valence electrons. The lowest BCUT2D eigenvalue weighted by atomic mass is 9.90. The fraction of sp³-hybridized carbons (Fsp3) is 0.857. The lowest BCUT2D eigenvalue weighted by Gasteiger charge is -2.23. The first-order valence-corrected chi connectivity index (χ1v) is 3.35. The van der Waals surface area contributed by atoms with Gasteiger partial charge in [-0.25, -0.2) is 0 Å². The van der Waals surface area contributed by atoms with Gasteiger partial charge in [0.2, 0.25) is 0 Å². The van der Waals surface area contributed by atoms with Gasteiger partial charge in [-0.3, -0.25) is 0 Å². The summed E-state index contributed by atoms with van der Waals surface area (Å²) in [4.78, 5) is 0. The summed E-state index contributed by atoms with van der Waals surface area (Å²) in [5.74, 6) is 0. The van der Waals surface area contributed by atoms with Crippen LogP contribution in [0.15, 0.2) is 0 Å². The van der Waals surface area contributed by atoms with Crippen molar-refractivity contribution in [3.05, 3.63) is 6.92 Å². The molecule has 0 aliphatic rings. The van der Waals surface area contributed by atoms with Crippen molar-refractivity contribution in [2.45, 2.75) is 32.6 Å². The van der Waals surface area contributed by atoms with Crippen molar-refractivity contribution in [2.24, 2.45) is 5.41 Å². The fourth-order valence-electron chi connectivity index (χ4n) is 0.433. The normalized spacial score (nSPS) is 16.1. The average molecular weight is 134 g/mol. The zero-order chi connectivity index (χ0) is 6.78. The van der Waals surface area contributed by atoms with E-state index in [0.717, 1.165) is 6.42 Å². The van der Waals surface area contributed by atoms with Crippen molar-refractivity contribution in [3.8, 4) is 0 Å². The Bertz CT molecular complexity index is 61.3. The first-order valence-electron chi connectivity index (χ1n) is 2.92. The molecule has 0 aliphatic carbocycles. The molecule has 0 aromatic carbocycles. The summed E-state index contributed by atoms with van der Waals surface area (Å²) in [6, 6.07) is 0. The van der Waals surface area contributed by atoms with Crippen LogP contribution in [0.1, 0.15) is 27.2 Å². The summed E-state index contributed by atoms with van der Waals surface area (Å²) in [5.41, 5.74) is 0.212. The standard InChI is InChI=1S/C7H14Cl/c1-5-6(8)7(2,3)4/h6H,1,5H2,2-4H3. The van der Waals surface area contributed by atoms with Gasteiger partial charge in [-0.15, -0.1) is 11.6 Å². The van der Waals surface area contributed by atoms with Crippen molar-refractivity contribution < 1.29 is 0 Å². The van der Waals surface area contributed by atoms with Crippen molar-refractivity contribution in [2.75, 3.05) is 0 Å². The Balaban J connectivity index is 3.62. The van der Waals surface area contributed by atoms with Gasteiger partial charge in [0, 0.05) is 5.38 Å². The van der Waals surface area contributed by atoms with Crippen LogP contribution < -0.4 is 0 Å². The second kappa shape index (κ2) is 2.72. The lowest BCUT2D eigenvalue weighted by Crippen LogP contribution is -2.19. The Morgan fingerprint density at radius 2 is 1.88 bits per heavy atom. The molecule has 0 saturated heterocycles. The fourth-order valence-corrected chi connectivity index (χ4v) is 0.433. The molecule has 1 unspecified atom stereocenters. The minimum Gasteiger partial charge on any atom is -0.122 e. The molecule has 1 heteroatoms. The van der Waals surface area contributed by atoms with E-state index in [9.17, 15) is 0 Å². The van der Waals surface area contributed by atoms with E-state index < -0.39 is 0 Å². The predicted molar refractivity (Wildman–Crippen MR) is 39.1 cm³/mol. The Hall–Kier alpha value is 0.290. The predicted octanol–water partition coefficient (Wildman–Crippen LogP) is 2.86. The molecule has 0 fully saturated rings. The number of hydrogen-bond acceptors (Lipinski definition) is 0. The number of hydrogen-bond donors (Lipinski definition) is 0. The maximum Gasteiger partial charge on any atom is 0.0384 e. The maximum atomic E-state index is 5.88. The first-order chi connectivity index (χ1) is 3.48. The van der Waals surface area contributed by atoms with Crippen LogP contribution in [-0.4, -0.2) is 5.38 Å². The molecule has 0 aromatic rings. The molecule has 0 nitrogen and oxygen atoms in total. The number of rotatable bonds is 1. The van der Waals surface area contributed by atoms with Gasteiger partial charge in [-0.05, 0) is 11.8 Å². The summed E-state index contributed by atoms with van der Waals surface area (Å²) in [5, 5.41) is 0.211. The van der Waals surface area contributed by atoms with E-state index in [-0.39, 0.29) is 10.8 Å². The van der Waals surface area contributed by atoms with Crippen molar-refractivity contribution in [1.29, 1.82) is 0 Å². The molecule has 0 rings (SSSR count). The van der Waals surface area contributed by atoms with E-state index in [1.165, 1.54) is 0 Å². The van der Waals surface area contributed by atoms with Crippen molar-refractivity contribution >= 4 is 11.6 Å². The third kappa shape index (κ3) is 2.56. The van der Waals surface area contributed by atoms with Gasteiger partial charge in [0.1, 0.15) is 0 Å². The molecule has 0 spiro atoms. The highest BCUT2D eigenvalue weighted by Gasteiger charge is 2.19. The number of alkyl halides is 1. The minimum atomic E-state index is 0.211. The Kier molecular flexibility index (Phi) is 2.82. The van der Waals surface area contributed by atoms with E-state index in [0.29, 0.717) is 0 Å². The van der Waals surface area contributed by atoms with Gasteiger partial charge < -0.3 is 0 Å². The van der Waals surface area contributed by atoms with Gasteiger partial charge in [0.05, 0.1) is 0 Å². The van der Waals surface area contributed by atoms with Crippen LogP contribution in [-0.2, 0) is 0 Å². The molecule has 0 bridgehead atoms. The van der Waals surface area contributed by atoms with Crippen LogP contribution in [0.5, 0.6) is 0 Å².